The van der Waals surface area contributed by atoms with Gasteiger partial charge in [0.25, 0.3) is 0 Å². The van der Waals surface area contributed by atoms with Crippen LogP contribution in [-0.2, 0) is 32.7 Å². The summed E-state index contributed by atoms with van der Waals surface area (Å²) in [5.41, 5.74) is 5.40. The molecule has 0 fully saturated rings. The number of nitrogens with two attached hydrogens (primary N) is 1. The molecular formula is C81H126NO8P. The van der Waals surface area contributed by atoms with Crippen molar-refractivity contribution in [1.29, 1.82) is 0 Å². The van der Waals surface area contributed by atoms with Crippen molar-refractivity contribution in [1.82, 2.24) is 0 Å². The predicted molar refractivity (Wildman–Crippen MR) is 394 cm³/mol. The molecule has 0 rings (SSSR count). The zero-order chi connectivity index (χ0) is 65.8. The van der Waals surface area contributed by atoms with E-state index in [1.807, 2.05) is 0 Å². The Kier molecular flexibility index (Phi) is 68.8. The predicted octanol–water partition coefficient (Wildman–Crippen LogP) is 23.6. The molecule has 2 atom stereocenters. The fraction of sp³-hybridized carbons (Fsp3) is 0.531. The Morgan fingerprint density at radius 3 is 0.868 bits per heavy atom. The van der Waals surface area contributed by atoms with Gasteiger partial charge >= 0.3 is 19.8 Å². The molecule has 0 radical (unpaired) electrons. The number of phosphoric acid groups is 1. The summed E-state index contributed by atoms with van der Waals surface area (Å²) in [6.45, 7) is 3.44. The van der Waals surface area contributed by atoms with E-state index in [9.17, 15) is 19.0 Å². The molecule has 0 aliphatic heterocycles. The SMILES string of the molecule is CC/C=C\C/C=C\C/C=C\C/C=C\C/C=C\C/C=C\C/C=C\C/C=C\C/C=C\C/C=C\C/C=C\C/C=C\CCCCC(=O)OC(COC(=O)CCCCCCCCCCCCCC/C=C\C/C=C\C/C=C\C/C=C\C/C=C\C/C=C\CC)COP(=O)(O)OCCN. The lowest BCUT2D eigenvalue weighted by molar-refractivity contribution is -0.161. The fourth-order valence-corrected chi connectivity index (χ4v) is 9.50. The lowest BCUT2D eigenvalue weighted by Crippen LogP contribution is -2.29. The van der Waals surface area contributed by atoms with E-state index in [0.29, 0.717) is 12.8 Å². The van der Waals surface area contributed by atoms with Gasteiger partial charge in [-0.05, 0) is 154 Å². The van der Waals surface area contributed by atoms with Gasteiger partial charge < -0.3 is 20.1 Å². The van der Waals surface area contributed by atoms with Crippen molar-refractivity contribution < 1.29 is 37.6 Å². The van der Waals surface area contributed by atoms with E-state index in [1.54, 1.807) is 0 Å². The summed E-state index contributed by atoms with van der Waals surface area (Å²) in [4.78, 5) is 35.3. The number of hydrogen-bond acceptors (Lipinski definition) is 8. The minimum Gasteiger partial charge on any atom is -0.462 e. The average Bonchev–Trinajstić information content (AvgIpc) is 3.71. The van der Waals surface area contributed by atoms with Crippen LogP contribution in [0.15, 0.2) is 219 Å². The van der Waals surface area contributed by atoms with E-state index in [-0.39, 0.29) is 32.6 Å². The molecular weight excluding hydrogens is 1150 g/mol. The molecule has 0 spiro atoms. The van der Waals surface area contributed by atoms with E-state index >= 15 is 0 Å². The number of carbonyl (C=O) groups excluding carboxylic acids is 2. The first-order valence-electron chi connectivity index (χ1n) is 35.2. The molecule has 9 nitrogen and oxygen atoms in total. The van der Waals surface area contributed by atoms with Crippen LogP contribution in [0.4, 0.5) is 0 Å². The Labute approximate surface area is 556 Å². The van der Waals surface area contributed by atoms with E-state index in [1.165, 1.54) is 57.8 Å². The number of phosphoric ester groups is 1. The molecule has 0 amide bonds. The van der Waals surface area contributed by atoms with E-state index in [0.717, 1.165) is 148 Å². The van der Waals surface area contributed by atoms with E-state index in [2.05, 4.69) is 233 Å². The second-order valence-electron chi connectivity index (χ2n) is 22.3. The summed E-state index contributed by atoms with van der Waals surface area (Å²) in [6.07, 6.45) is 115. The molecule has 0 aromatic rings. The Hall–Kier alpha value is -5.67. The minimum atomic E-state index is -4.42. The maximum absolute atomic E-state index is 12.8. The molecule has 3 N–H and O–H groups in total. The molecule has 10 heteroatoms. The van der Waals surface area contributed by atoms with Gasteiger partial charge in [0, 0.05) is 19.4 Å². The highest BCUT2D eigenvalue weighted by Gasteiger charge is 2.26. The maximum Gasteiger partial charge on any atom is 0.472 e. The lowest BCUT2D eigenvalue weighted by Gasteiger charge is -2.19. The quantitative estimate of drug-likeness (QED) is 0.0264. The molecule has 0 aromatic carbocycles. The average molecular weight is 1270 g/mol. The van der Waals surface area contributed by atoms with Crippen molar-refractivity contribution in [2.45, 2.75) is 251 Å². The third kappa shape index (κ3) is 73.3. The highest BCUT2D eigenvalue weighted by molar-refractivity contribution is 7.47. The van der Waals surface area contributed by atoms with Gasteiger partial charge in [-0.25, -0.2) is 4.57 Å². The summed E-state index contributed by atoms with van der Waals surface area (Å²) < 4.78 is 33.1. The van der Waals surface area contributed by atoms with Crippen LogP contribution < -0.4 is 5.73 Å². The monoisotopic (exact) mass is 1270 g/mol. The Morgan fingerprint density at radius 1 is 0.330 bits per heavy atom. The van der Waals surface area contributed by atoms with Crippen LogP contribution in [0.5, 0.6) is 0 Å². The number of allylic oxidation sites excluding steroid dienone is 36. The maximum atomic E-state index is 12.8. The first-order valence-corrected chi connectivity index (χ1v) is 36.7. The Bertz CT molecular complexity index is 2290. The van der Waals surface area contributed by atoms with Gasteiger partial charge in [-0.15, -0.1) is 0 Å². The molecule has 91 heavy (non-hydrogen) atoms. The number of hydrogen-bond donors (Lipinski definition) is 2. The lowest BCUT2D eigenvalue weighted by atomic mass is 10.0. The van der Waals surface area contributed by atoms with E-state index in [4.69, 9.17) is 24.3 Å². The van der Waals surface area contributed by atoms with Gasteiger partial charge in [0.05, 0.1) is 13.2 Å². The van der Waals surface area contributed by atoms with Crippen LogP contribution in [0, 0.1) is 0 Å². The third-order valence-corrected chi connectivity index (χ3v) is 14.8. The van der Waals surface area contributed by atoms with Crippen molar-refractivity contribution in [3.05, 3.63) is 219 Å². The molecule has 0 saturated carbocycles. The molecule has 0 bridgehead atoms. The first kappa shape index (κ1) is 85.3. The highest BCUT2D eigenvalue weighted by Crippen LogP contribution is 2.43. The van der Waals surface area contributed by atoms with E-state index < -0.39 is 32.5 Å². The minimum absolute atomic E-state index is 0.0343. The molecule has 0 aliphatic rings. The van der Waals surface area contributed by atoms with Gasteiger partial charge in [0.2, 0.25) is 0 Å². The van der Waals surface area contributed by atoms with Crippen LogP contribution in [0.1, 0.15) is 245 Å². The van der Waals surface area contributed by atoms with Gasteiger partial charge in [0.1, 0.15) is 6.61 Å². The van der Waals surface area contributed by atoms with Crippen molar-refractivity contribution in [3.8, 4) is 0 Å². The molecule has 2 unspecified atom stereocenters. The van der Waals surface area contributed by atoms with Crippen molar-refractivity contribution in [2.75, 3.05) is 26.4 Å². The molecule has 0 aliphatic carbocycles. The van der Waals surface area contributed by atoms with Gasteiger partial charge in [0.15, 0.2) is 6.10 Å². The summed E-state index contributed by atoms with van der Waals surface area (Å²) in [6, 6.07) is 0. The molecule has 0 heterocycles. The largest absolute Gasteiger partial charge is 0.472 e. The normalized spacial score (nSPS) is 14.3. The number of unbranched alkanes of at least 4 members (excludes halogenated alkanes) is 14. The van der Waals surface area contributed by atoms with Gasteiger partial charge in [-0.2, -0.15) is 0 Å². The third-order valence-electron chi connectivity index (χ3n) is 13.9. The van der Waals surface area contributed by atoms with Gasteiger partial charge in [-0.1, -0.05) is 297 Å². The van der Waals surface area contributed by atoms with Crippen molar-refractivity contribution in [2.24, 2.45) is 5.73 Å². The van der Waals surface area contributed by atoms with Crippen molar-refractivity contribution in [3.63, 3.8) is 0 Å². The van der Waals surface area contributed by atoms with Crippen LogP contribution in [0.25, 0.3) is 0 Å². The first-order chi connectivity index (χ1) is 44.8. The highest BCUT2D eigenvalue weighted by atomic mass is 31.2. The second-order valence-corrected chi connectivity index (χ2v) is 23.7. The van der Waals surface area contributed by atoms with Crippen LogP contribution in [-0.4, -0.2) is 49.3 Å². The molecule has 0 saturated heterocycles. The standard InChI is InChI=1S/C81H126NO8P/c1-3-5-7-9-11-13-15-17-19-21-23-25-27-29-31-33-35-36-37-38-39-40-41-42-44-46-48-50-52-54-56-58-60-62-64-66-68-70-72-74-81(84)90-79(78-89-91(85,86)88-76-75-82)77-87-80(83)73-71-69-67-65-63-61-59-57-55-53-51-49-47-45-43-34-32-30-28-26-24-22-20-18-16-14-12-10-8-6-4-2/h5-8,11-14,17-20,23-26,29-32,35-36,38-39,41-43,45-46,48,52,54,58,60,64,66,79H,3-4,9-10,15-16,21-22,27-28,33-34,37,40,44,47,49-51,53,55-57,59,61-63,65,67-78,82H2,1-2H3,(H,85,86)/b7-5-,8-6-,13-11-,14-12-,19-17-,20-18-,25-23-,26-24-,31-29-,32-30-,36-35-,39-38-,42-41-,45-43-,48-46-,54-52-,60-58-,66-64-. The second kappa shape index (κ2) is 73.4. The van der Waals surface area contributed by atoms with Crippen LogP contribution in [0.2, 0.25) is 0 Å². The topological polar surface area (TPSA) is 134 Å². The zero-order valence-corrected chi connectivity index (χ0v) is 57.9. The molecule has 508 valence electrons. The van der Waals surface area contributed by atoms with Gasteiger partial charge in [-0.3, -0.25) is 18.6 Å². The Balaban J connectivity index is 4.07. The summed E-state index contributed by atoms with van der Waals surface area (Å²) >= 11 is 0. The number of ether oxygens (including phenoxy) is 2. The summed E-state index contributed by atoms with van der Waals surface area (Å²) in [7, 11) is -4.42. The summed E-state index contributed by atoms with van der Waals surface area (Å²) in [5, 5.41) is 0. The molecule has 0 aromatic heterocycles. The number of rotatable bonds is 63. The number of carbonyl (C=O) groups is 2. The smallest absolute Gasteiger partial charge is 0.462 e. The Morgan fingerprint density at radius 2 is 0.571 bits per heavy atom. The summed E-state index contributed by atoms with van der Waals surface area (Å²) in [5.74, 6) is -0.897. The number of esters is 2. The van der Waals surface area contributed by atoms with Crippen LogP contribution >= 0.6 is 7.82 Å². The van der Waals surface area contributed by atoms with Crippen LogP contribution in [0.3, 0.4) is 0 Å². The fourth-order valence-electron chi connectivity index (χ4n) is 8.74. The van der Waals surface area contributed by atoms with Crippen molar-refractivity contribution >= 4 is 19.8 Å². The zero-order valence-electron chi connectivity index (χ0n) is 57.0.